The normalized spacial score (nSPS) is 37.7. The van der Waals surface area contributed by atoms with Gasteiger partial charge in [0.25, 0.3) is 21.2 Å². The minimum absolute atomic E-state index is 0.0247. The topological polar surface area (TPSA) is 315 Å². The molecule has 4 unspecified atom stereocenters. The molecular weight excluding hydrogens is 653 g/mol. The molecule has 3 aliphatic rings. The fraction of sp³-hybridized carbons (Fsp3) is 0.500. The molecule has 45 heavy (non-hydrogen) atoms. The average Bonchev–Trinajstić information content (AvgIpc) is 3.72. The number of anilines is 2. The second-order valence-corrected chi connectivity index (χ2v) is 12.8. The van der Waals surface area contributed by atoms with Crippen molar-refractivity contribution in [2.24, 2.45) is 0 Å². The Morgan fingerprint density at radius 1 is 0.911 bits per heavy atom. The Kier molecular flexibility index (Phi) is 7.26. The van der Waals surface area contributed by atoms with Gasteiger partial charge in [0.15, 0.2) is 41.3 Å². The molecule has 242 valence electrons. The minimum Gasteiger partial charge on any atom is -0.756 e. The number of aromatic amines is 1. The van der Waals surface area contributed by atoms with Crippen molar-refractivity contribution in [3.63, 3.8) is 0 Å². The van der Waals surface area contributed by atoms with Gasteiger partial charge in [-0.1, -0.05) is 0 Å². The van der Waals surface area contributed by atoms with E-state index in [0.29, 0.717) is 0 Å². The molecule has 7 heterocycles. The van der Waals surface area contributed by atoms with Crippen LogP contribution in [0.5, 0.6) is 0 Å². The molecule has 0 aromatic carbocycles. The first-order chi connectivity index (χ1) is 21.3. The molecule has 0 aliphatic carbocycles. The lowest BCUT2D eigenvalue weighted by Gasteiger charge is -2.31. The number of hydrogen-bond donors (Lipinski definition) is 4. The number of nitrogens with one attached hydrogen (secondary N) is 1. The maximum Gasteiger partial charge on any atom is 0.280 e. The highest BCUT2D eigenvalue weighted by molar-refractivity contribution is 7.46. The number of hydrogen-bond acceptors (Lipinski definition) is 19. The number of ether oxygens (including phenoxy) is 2. The third kappa shape index (κ3) is 5.30. The van der Waals surface area contributed by atoms with Crippen LogP contribution in [0.25, 0.3) is 22.3 Å². The van der Waals surface area contributed by atoms with E-state index < -0.39 is 83.6 Å². The Labute approximate surface area is 248 Å². The third-order valence-electron chi connectivity index (χ3n) is 7.26. The van der Waals surface area contributed by atoms with E-state index in [9.17, 15) is 28.8 Å². The number of nitrogens with two attached hydrogens (primary N) is 2. The lowest BCUT2D eigenvalue weighted by atomic mass is 10.1. The first-order valence-electron chi connectivity index (χ1n) is 12.9. The van der Waals surface area contributed by atoms with Gasteiger partial charge < -0.3 is 53.9 Å². The zero-order chi connectivity index (χ0) is 31.8. The highest BCUT2D eigenvalue weighted by Gasteiger charge is 2.52. The van der Waals surface area contributed by atoms with E-state index in [1.165, 1.54) is 0 Å². The molecule has 2 bridgehead atoms. The van der Waals surface area contributed by atoms with Gasteiger partial charge in [0.1, 0.15) is 42.4 Å². The molecule has 3 saturated heterocycles. The lowest BCUT2D eigenvalue weighted by Crippen LogP contribution is -2.36. The van der Waals surface area contributed by atoms with Gasteiger partial charge >= 0.3 is 0 Å². The average molecular weight is 674 g/mol. The number of phosphoric ester groups is 2. The summed E-state index contributed by atoms with van der Waals surface area (Å²) in [5.74, 6) is -0.340. The summed E-state index contributed by atoms with van der Waals surface area (Å²) in [5.41, 5.74) is 10.4. The molecule has 4 aromatic rings. The van der Waals surface area contributed by atoms with Gasteiger partial charge in [0.2, 0.25) is 5.95 Å². The van der Waals surface area contributed by atoms with Crippen LogP contribution in [-0.2, 0) is 36.7 Å². The smallest absolute Gasteiger partial charge is 0.280 e. The number of alkyl halides is 1. The number of aliphatic hydroxyl groups is 1. The number of nitrogen functional groups attached to an aromatic ring is 2. The van der Waals surface area contributed by atoms with Crippen LogP contribution in [0.2, 0.25) is 0 Å². The van der Waals surface area contributed by atoms with E-state index in [2.05, 4.69) is 29.9 Å². The standard InChI is InChI=1S/C20H23FN10O12P2/c21-8-12-7(41-18(8)30-4-26-9-14(22)24-3-25-15(9)30)2-39-45(36,37)43-13-11(32)6(1-38-44(34,35)42-12)40-19(13)31-5-27-10-16(31)28-20(23)29-17(10)33/h3-8,11-13,18-19,32H,1-2H2,(H,34,35)(H,36,37)(H2,22,24,25)(H3,23,28,29,33)/p-2/t6-,7-,8+,11?,12?,13-,18-,19-/m1/s1. The van der Waals surface area contributed by atoms with E-state index in [1.807, 2.05) is 0 Å². The quantitative estimate of drug-likeness (QED) is 0.158. The lowest BCUT2D eigenvalue weighted by molar-refractivity contribution is -0.240. The van der Waals surface area contributed by atoms with Crippen LogP contribution in [0.1, 0.15) is 12.5 Å². The summed E-state index contributed by atoms with van der Waals surface area (Å²) in [5, 5.41) is 10.9. The van der Waals surface area contributed by atoms with Crippen LogP contribution in [0, 0.1) is 0 Å². The van der Waals surface area contributed by atoms with Crippen LogP contribution >= 0.6 is 15.6 Å². The van der Waals surface area contributed by atoms with Crippen molar-refractivity contribution in [1.82, 2.24) is 39.0 Å². The van der Waals surface area contributed by atoms with Gasteiger partial charge in [0.05, 0.1) is 25.9 Å². The molecule has 6 N–H and O–H groups in total. The Bertz CT molecular complexity index is 1940. The number of phosphoric acid groups is 2. The molecule has 22 nitrogen and oxygen atoms in total. The monoisotopic (exact) mass is 674 g/mol. The van der Waals surface area contributed by atoms with Crippen molar-refractivity contribution < 1.29 is 56.0 Å². The molecule has 0 spiro atoms. The predicted octanol–water partition coefficient (Wildman–Crippen LogP) is -2.63. The summed E-state index contributed by atoms with van der Waals surface area (Å²) in [7, 11) is -10.8. The van der Waals surface area contributed by atoms with Crippen molar-refractivity contribution >= 4 is 49.7 Å². The third-order valence-corrected chi connectivity index (χ3v) is 9.20. The first kappa shape index (κ1) is 30.2. The van der Waals surface area contributed by atoms with Crippen molar-refractivity contribution in [1.29, 1.82) is 0 Å². The summed E-state index contributed by atoms with van der Waals surface area (Å²) in [6.07, 6.45) is -11.2. The van der Waals surface area contributed by atoms with Gasteiger partial charge in [-0.05, 0) is 0 Å². The molecule has 3 aliphatic heterocycles. The predicted molar refractivity (Wildman–Crippen MR) is 138 cm³/mol. The van der Waals surface area contributed by atoms with Crippen LogP contribution < -0.4 is 26.8 Å². The number of aliphatic hydroxyl groups excluding tert-OH is 1. The summed E-state index contributed by atoms with van der Waals surface area (Å²) in [4.78, 5) is 60.1. The Hall–Kier alpha value is -3.47. The second-order valence-electron chi connectivity index (χ2n) is 10.0. The summed E-state index contributed by atoms with van der Waals surface area (Å²) in [6, 6.07) is 0. The number of fused-ring (bicyclic) bond motifs is 5. The Morgan fingerprint density at radius 2 is 1.53 bits per heavy atom. The molecule has 0 radical (unpaired) electrons. The van der Waals surface area contributed by atoms with Gasteiger partial charge in [-0.15, -0.1) is 0 Å². The number of imidazole rings is 2. The molecule has 0 amide bonds. The molecule has 7 rings (SSSR count). The van der Waals surface area contributed by atoms with Crippen molar-refractivity contribution in [2.75, 3.05) is 24.7 Å². The molecular formula is C20H21FN10O12P2-2. The van der Waals surface area contributed by atoms with Crippen molar-refractivity contribution in [2.45, 2.75) is 49.1 Å². The summed E-state index contributed by atoms with van der Waals surface area (Å²) in [6.45, 7) is -1.95. The fourth-order valence-corrected chi connectivity index (χ4v) is 7.10. The maximum absolute atomic E-state index is 15.8. The Balaban J connectivity index is 1.21. The van der Waals surface area contributed by atoms with Crippen molar-refractivity contribution in [3.05, 3.63) is 29.3 Å². The highest BCUT2D eigenvalue weighted by Crippen LogP contribution is 2.51. The van der Waals surface area contributed by atoms with E-state index in [1.54, 1.807) is 0 Å². The van der Waals surface area contributed by atoms with Gasteiger partial charge in [-0.2, -0.15) is 4.98 Å². The van der Waals surface area contributed by atoms with Crippen LogP contribution in [0.4, 0.5) is 16.2 Å². The Morgan fingerprint density at radius 3 is 2.27 bits per heavy atom. The van der Waals surface area contributed by atoms with E-state index in [-0.39, 0.29) is 34.1 Å². The first-order valence-corrected chi connectivity index (χ1v) is 15.8. The highest BCUT2D eigenvalue weighted by atomic mass is 31.2. The van der Waals surface area contributed by atoms with Gasteiger partial charge in [-0.25, -0.2) is 24.3 Å². The largest absolute Gasteiger partial charge is 0.756 e. The van der Waals surface area contributed by atoms with Crippen LogP contribution in [-0.4, -0.2) is 94.0 Å². The molecule has 3 fully saturated rings. The van der Waals surface area contributed by atoms with E-state index in [4.69, 9.17) is 39.0 Å². The SMILES string of the molecule is Nc1nc2c(ncn2[C@@H]2O[C@@H]3COP(=O)([O-])OC4[C@@H](COP(=O)([O-])O[C@@H]2C3O)O[C@@H](n2cnc3c(N)ncnc32)[C@H]4F)c(=O)[nH]1. The zero-order valence-electron chi connectivity index (χ0n) is 22.3. The fourth-order valence-electron chi connectivity index (χ4n) is 5.25. The minimum atomic E-state index is -5.42. The van der Waals surface area contributed by atoms with Crippen LogP contribution in [0.15, 0.2) is 23.8 Å². The maximum atomic E-state index is 15.8. The number of H-pyrrole nitrogens is 1. The number of halogens is 1. The zero-order valence-corrected chi connectivity index (χ0v) is 24.0. The second kappa shape index (κ2) is 10.8. The van der Waals surface area contributed by atoms with Crippen molar-refractivity contribution in [3.8, 4) is 0 Å². The van der Waals surface area contributed by atoms with Gasteiger partial charge in [0, 0.05) is 0 Å². The van der Waals surface area contributed by atoms with E-state index >= 15 is 4.39 Å². The molecule has 10 atom stereocenters. The number of aromatic nitrogens is 8. The van der Waals surface area contributed by atoms with E-state index in [0.717, 1.165) is 28.1 Å². The number of rotatable bonds is 2. The molecule has 4 aromatic heterocycles. The number of nitrogens with zero attached hydrogens (tertiary/aromatic N) is 7. The summed E-state index contributed by atoms with van der Waals surface area (Å²) >= 11 is 0. The summed E-state index contributed by atoms with van der Waals surface area (Å²) < 4.78 is 75.3. The molecule has 0 saturated carbocycles. The van der Waals surface area contributed by atoms with Crippen LogP contribution in [0.3, 0.4) is 0 Å². The van der Waals surface area contributed by atoms with Gasteiger partial charge in [-0.3, -0.25) is 28.0 Å². The molecule has 25 heteroatoms.